The smallest absolute Gasteiger partial charge is 0.298 e. The van der Waals surface area contributed by atoms with E-state index < -0.39 is 11.9 Å². The molecule has 0 unspecified atom stereocenters. The summed E-state index contributed by atoms with van der Waals surface area (Å²) < 4.78 is 39.3. The first-order valence-corrected chi connectivity index (χ1v) is 6.91. The summed E-state index contributed by atoms with van der Waals surface area (Å²) in [6, 6.07) is 8.03. The van der Waals surface area contributed by atoms with E-state index in [9.17, 15) is 18.0 Å². The first kappa shape index (κ1) is 15.9. The van der Waals surface area contributed by atoms with Crippen LogP contribution in [0.3, 0.4) is 0 Å². The molecule has 0 radical (unpaired) electrons. The lowest BCUT2D eigenvalue weighted by molar-refractivity contribution is -0.141. The Morgan fingerprint density at radius 2 is 1.83 bits per heavy atom. The van der Waals surface area contributed by atoms with Crippen LogP contribution in [-0.2, 0) is 6.18 Å². The summed E-state index contributed by atoms with van der Waals surface area (Å²) in [5.41, 5.74) is 1.22. The molecule has 0 atom stereocenters. The highest BCUT2D eigenvalue weighted by Crippen LogP contribution is 2.28. The van der Waals surface area contributed by atoms with Crippen molar-refractivity contribution >= 4 is 6.29 Å². The molecule has 2 aromatic heterocycles. The topological polar surface area (TPSA) is 60.7 Å². The summed E-state index contributed by atoms with van der Waals surface area (Å²) in [5, 5.41) is 4.17. The summed E-state index contributed by atoms with van der Waals surface area (Å²) in [4.78, 5) is 18.5. The number of alkyl halides is 3. The molecule has 3 aromatic rings. The fourth-order valence-corrected chi connectivity index (χ4v) is 2.13. The average Bonchev–Trinajstić information content (AvgIpc) is 2.99. The minimum Gasteiger partial charge on any atom is -0.298 e. The molecule has 0 aliphatic heterocycles. The molecule has 0 amide bonds. The Hall–Kier alpha value is -3.03. The molecule has 0 N–H and O–H groups in total. The molecule has 0 bridgehead atoms. The summed E-state index contributed by atoms with van der Waals surface area (Å²) in [5.74, 6) is -0.258. The van der Waals surface area contributed by atoms with Crippen molar-refractivity contribution in [2.24, 2.45) is 0 Å². The van der Waals surface area contributed by atoms with Crippen LogP contribution in [0.15, 0.2) is 42.7 Å². The van der Waals surface area contributed by atoms with Crippen molar-refractivity contribution in [3.05, 3.63) is 59.5 Å². The SMILES string of the molecule is Cc1ccc(-c2nn(-c3nccc(C(F)(F)F)n3)cc2C=O)cc1. The van der Waals surface area contributed by atoms with E-state index in [2.05, 4.69) is 15.1 Å². The van der Waals surface area contributed by atoms with Gasteiger partial charge in [-0.2, -0.15) is 18.3 Å². The van der Waals surface area contributed by atoms with Crippen LogP contribution in [0.5, 0.6) is 0 Å². The summed E-state index contributed by atoms with van der Waals surface area (Å²) >= 11 is 0. The molecule has 24 heavy (non-hydrogen) atoms. The lowest BCUT2D eigenvalue weighted by atomic mass is 10.1. The molecule has 0 spiro atoms. The average molecular weight is 332 g/mol. The molecule has 0 fully saturated rings. The van der Waals surface area contributed by atoms with Gasteiger partial charge in [-0.3, -0.25) is 4.79 Å². The van der Waals surface area contributed by atoms with E-state index in [1.54, 1.807) is 12.1 Å². The number of carbonyl (C=O) groups is 1. The number of benzene rings is 1. The van der Waals surface area contributed by atoms with E-state index in [0.717, 1.165) is 22.5 Å². The second-order valence-electron chi connectivity index (χ2n) is 5.10. The van der Waals surface area contributed by atoms with E-state index in [0.29, 0.717) is 17.5 Å². The number of carbonyl (C=O) groups excluding carboxylic acids is 1. The molecular formula is C16H11F3N4O. The Kier molecular flexibility index (Phi) is 3.88. The standard InChI is InChI=1S/C16H11F3N4O/c1-10-2-4-11(5-3-10)14-12(9-24)8-23(22-14)15-20-7-6-13(21-15)16(17,18)19/h2-9H,1H3. The summed E-state index contributed by atoms with van der Waals surface area (Å²) in [6.07, 6.45) is -1.69. The number of hydrogen-bond acceptors (Lipinski definition) is 4. The van der Waals surface area contributed by atoms with Crippen molar-refractivity contribution in [3.63, 3.8) is 0 Å². The lowest BCUT2D eigenvalue weighted by Gasteiger charge is -2.06. The summed E-state index contributed by atoms with van der Waals surface area (Å²) in [6.45, 7) is 1.92. The molecule has 1 aromatic carbocycles. The second kappa shape index (κ2) is 5.88. The van der Waals surface area contributed by atoms with Gasteiger partial charge >= 0.3 is 6.18 Å². The molecule has 2 heterocycles. The van der Waals surface area contributed by atoms with E-state index in [-0.39, 0.29) is 11.5 Å². The van der Waals surface area contributed by atoms with Gasteiger partial charge in [0.25, 0.3) is 5.95 Å². The van der Waals surface area contributed by atoms with E-state index in [1.807, 2.05) is 19.1 Å². The summed E-state index contributed by atoms with van der Waals surface area (Å²) in [7, 11) is 0. The van der Waals surface area contributed by atoms with Crippen molar-refractivity contribution in [2.45, 2.75) is 13.1 Å². The van der Waals surface area contributed by atoms with Crippen molar-refractivity contribution in [2.75, 3.05) is 0 Å². The van der Waals surface area contributed by atoms with Crippen molar-refractivity contribution in [1.82, 2.24) is 19.7 Å². The quantitative estimate of drug-likeness (QED) is 0.689. The van der Waals surface area contributed by atoms with Crippen LogP contribution in [0, 0.1) is 6.92 Å². The van der Waals surface area contributed by atoms with Gasteiger partial charge in [0, 0.05) is 18.0 Å². The zero-order chi connectivity index (χ0) is 17.3. The van der Waals surface area contributed by atoms with Crippen molar-refractivity contribution < 1.29 is 18.0 Å². The third kappa shape index (κ3) is 3.03. The maximum atomic E-state index is 12.8. The predicted molar refractivity (Wildman–Crippen MR) is 79.7 cm³/mol. The number of aryl methyl sites for hydroxylation is 1. The molecule has 0 aliphatic rings. The molecule has 0 saturated carbocycles. The molecule has 122 valence electrons. The predicted octanol–water partition coefficient (Wildman–Crippen LogP) is 3.47. The monoisotopic (exact) mass is 332 g/mol. The molecule has 3 rings (SSSR count). The van der Waals surface area contributed by atoms with Gasteiger partial charge in [-0.25, -0.2) is 14.6 Å². The van der Waals surface area contributed by atoms with Crippen LogP contribution in [0.25, 0.3) is 17.2 Å². The number of halogens is 3. The van der Waals surface area contributed by atoms with Gasteiger partial charge in [0.2, 0.25) is 0 Å². The molecule has 0 aliphatic carbocycles. The molecular weight excluding hydrogens is 321 g/mol. The Balaban J connectivity index is 2.08. The van der Waals surface area contributed by atoms with Crippen LogP contribution >= 0.6 is 0 Å². The largest absolute Gasteiger partial charge is 0.433 e. The molecule has 0 saturated heterocycles. The zero-order valence-electron chi connectivity index (χ0n) is 12.4. The number of rotatable bonds is 3. The number of aldehydes is 1. The first-order valence-electron chi connectivity index (χ1n) is 6.91. The second-order valence-corrected chi connectivity index (χ2v) is 5.10. The van der Waals surface area contributed by atoms with E-state index in [4.69, 9.17) is 0 Å². The number of hydrogen-bond donors (Lipinski definition) is 0. The highest BCUT2D eigenvalue weighted by atomic mass is 19.4. The van der Waals surface area contributed by atoms with Crippen LogP contribution in [-0.4, -0.2) is 26.0 Å². The first-order chi connectivity index (χ1) is 11.4. The normalized spacial score (nSPS) is 11.5. The molecule has 8 heteroatoms. The number of aromatic nitrogens is 4. The third-order valence-electron chi connectivity index (χ3n) is 3.33. The Morgan fingerprint density at radius 1 is 1.12 bits per heavy atom. The lowest BCUT2D eigenvalue weighted by Crippen LogP contribution is -2.11. The van der Waals surface area contributed by atoms with E-state index >= 15 is 0 Å². The minimum atomic E-state index is -4.59. The van der Waals surface area contributed by atoms with Crippen molar-refractivity contribution in [3.8, 4) is 17.2 Å². The Labute approximate surface area is 134 Å². The number of nitrogens with zero attached hydrogens (tertiary/aromatic N) is 4. The van der Waals surface area contributed by atoms with E-state index in [1.165, 1.54) is 6.20 Å². The van der Waals surface area contributed by atoms with Gasteiger partial charge in [0.15, 0.2) is 6.29 Å². The molecule has 5 nitrogen and oxygen atoms in total. The van der Waals surface area contributed by atoms with Crippen LogP contribution < -0.4 is 0 Å². The van der Waals surface area contributed by atoms with Gasteiger partial charge < -0.3 is 0 Å². The van der Waals surface area contributed by atoms with Gasteiger partial charge in [-0.1, -0.05) is 29.8 Å². The maximum absolute atomic E-state index is 12.8. The fourth-order valence-electron chi connectivity index (χ4n) is 2.13. The minimum absolute atomic E-state index is 0.236. The zero-order valence-corrected chi connectivity index (χ0v) is 12.4. The Bertz CT molecular complexity index is 885. The maximum Gasteiger partial charge on any atom is 0.433 e. The van der Waals surface area contributed by atoms with Crippen LogP contribution in [0.2, 0.25) is 0 Å². The van der Waals surface area contributed by atoms with Crippen LogP contribution in [0.1, 0.15) is 21.6 Å². The Morgan fingerprint density at radius 3 is 2.46 bits per heavy atom. The fraction of sp³-hybridized carbons (Fsp3) is 0.125. The van der Waals surface area contributed by atoms with Gasteiger partial charge in [-0.15, -0.1) is 0 Å². The van der Waals surface area contributed by atoms with Gasteiger partial charge in [0.05, 0.1) is 5.56 Å². The van der Waals surface area contributed by atoms with Crippen molar-refractivity contribution in [1.29, 1.82) is 0 Å². The highest BCUT2D eigenvalue weighted by molar-refractivity contribution is 5.85. The third-order valence-corrected chi connectivity index (χ3v) is 3.33. The van der Waals surface area contributed by atoms with Gasteiger partial charge in [0.1, 0.15) is 11.4 Å². The van der Waals surface area contributed by atoms with Crippen LogP contribution in [0.4, 0.5) is 13.2 Å². The highest BCUT2D eigenvalue weighted by Gasteiger charge is 2.33. The van der Waals surface area contributed by atoms with Gasteiger partial charge in [-0.05, 0) is 13.0 Å².